The molecule has 2 rings (SSSR count). The van der Waals surface area contributed by atoms with Crippen molar-refractivity contribution in [1.82, 2.24) is 5.32 Å². The topological polar surface area (TPSA) is 52.9 Å². The molecule has 0 saturated heterocycles. The van der Waals surface area contributed by atoms with E-state index in [4.69, 9.17) is 5.26 Å². The van der Waals surface area contributed by atoms with Crippen LogP contribution in [0.25, 0.3) is 0 Å². The molecule has 0 fully saturated rings. The van der Waals surface area contributed by atoms with Gasteiger partial charge in [0.25, 0.3) is 5.91 Å². The summed E-state index contributed by atoms with van der Waals surface area (Å²) < 4.78 is 14.2. The van der Waals surface area contributed by atoms with Crippen molar-refractivity contribution >= 4 is 33.6 Å². The number of rotatable bonds is 6. The van der Waals surface area contributed by atoms with Gasteiger partial charge in [-0.1, -0.05) is 34.1 Å². The predicted octanol–water partition coefficient (Wildman–Crippen LogP) is 4.12. The van der Waals surface area contributed by atoms with E-state index < -0.39 is 11.7 Å². The summed E-state index contributed by atoms with van der Waals surface area (Å²) in [6.45, 7) is 0.438. The lowest BCUT2D eigenvalue weighted by atomic mass is 10.1. The molecular formula is C17H14BrFN2OS. The monoisotopic (exact) mass is 392 g/mol. The zero-order chi connectivity index (χ0) is 16.7. The number of thioether (sulfide) groups is 1. The van der Waals surface area contributed by atoms with Crippen LogP contribution in [0.1, 0.15) is 21.5 Å². The van der Waals surface area contributed by atoms with Crippen LogP contribution in [0.4, 0.5) is 4.39 Å². The summed E-state index contributed by atoms with van der Waals surface area (Å²) in [6.07, 6.45) is 0. The molecule has 1 N–H and O–H groups in total. The summed E-state index contributed by atoms with van der Waals surface area (Å²) in [4.78, 5) is 11.9. The average molecular weight is 393 g/mol. The second kappa shape index (κ2) is 8.70. The Balaban J connectivity index is 1.77. The first kappa shape index (κ1) is 17.5. The lowest BCUT2D eigenvalue weighted by molar-refractivity contribution is 0.0952. The molecule has 0 bridgehead atoms. The highest BCUT2D eigenvalue weighted by Crippen LogP contribution is 2.16. The normalized spacial score (nSPS) is 10.1. The van der Waals surface area contributed by atoms with Crippen LogP contribution in [0.2, 0.25) is 0 Å². The summed E-state index contributed by atoms with van der Waals surface area (Å²) in [5.41, 5.74) is 1.68. The fraction of sp³-hybridized carbons (Fsp3) is 0.176. The molecule has 118 valence electrons. The van der Waals surface area contributed by atoms with E-state index in [1.54, 1.807) is 23.9 Å². The zero-order valence-electron chi connectivity index (χ0n) is 12.2. The van der Waals surface area contributed by atoms with Crippen LogP contribution < -0.4 is 5.32 Å². The zero-order valence-corrected chi connectivity index (χ0v) is 14.6. The van der Waals surface area contributed by atoms with Gasteiger partial charge in [0, 0.05) is 22.5 Å². The molecule has 6 heteroatoms. The molecule has 0 radical (unpaired) electrons. The Bertz CT molecular complexity index is 746. The van der Waals surface area contributed by atoms with E-state index in [1.165, 1.54) is 12.1 Å². The Morgan fingerprint density at radius 2 is 2.09 bits per heavy atom. The van der Waals surface area contributed by atoms with E-state index >= 15 is 0 Å². The molecule has 0 aliphatic heterocycles. The highest BCUT2D eigenvalue weighted by Gasteiger charge is 2.11. The summed E-state index contributed by atoms with van der Waals surface area (Å²) in [7, 11) is 0. The van der Waals surface area contributed by atoms with E-state index in [2.05, 4.69) is 27.3 Å². The molecule has 3 nitrogen and oxygen atoms in total. The van der Waals surface area contributed by atoms with Gasteiger partial charge >= 0.3 is 0 Å². The van der Waals surface area contributed by atoms with Gasteiger partial charge in [-0.3, -0.25) is 4.79 Å². The number of hydrogen-bond acceptors (Lipinski definition) is 3. The number of amides is 1. The number of hydrogen-bond donors (Lipinski definition) is 1. The molecule has 0 aliphatic carbocycles. The average Bonchev–Trinajstić information content (AvgIpc) is 2.54. The highest BCUT2D eigenvalue weighted by atomic mass is 79.9. The van der Waals surface area contributed by atoms with Crippen molar-refractivity contribution in [2.24, 2.45) is 0 Å². The lowest BCUT2D eigenvalue weighted by Crippen LogP contribution is -2.26. The van der Waals surface area contributed by atoms with Crippen LogP contribution in [0.15, 0.2) is 46.9 Å². The first-order valence-corrected chi connectivity index (χ1v) is 8.85. The van der Waals surface area contributed by atoms with E-state index in [9.17, 15) is 9.18 Å². The smallest absolute Gasteiger partial charge is 0.254 e. The predicted molar refractivity (Wildman–Crippen MR) is 93.8 cm³/mol. The molecule has 0 saturated carbocycles. The number of nitrogens with zero attached hydrogens (tertiary/aromatic N) is 1. The highest BCUT2D eigenvalue weighted by molar-refractivity contribution is 9.10. The second-order valence-electron chi connectivity index (χ2n) is 4.70. The number of carbonyl (C=O) groups is 1. The Hall–Kier alpha value is -1.84. The van der Waals surface area contributed by atoms with Gasteiger partial charge < -0.3 is 5.32 Å². The Labute approximate surface area is 147 Å². The maximum absolute atomic E-state index is 13.7. The number of nitriles is 1. The van der Waals surface area contributed by atoms with Crippen LogP contribution >= 0.6 is 27.7 Å². The fourth-order valence-corrected chi connectivity index (χ4v) is 3.14. The van der Waals surface area contributed by atoms with E-state index in [0.717, 1.165) is 5.56 Å². The van der Waals surface area contributed by atoms with E-state index in [0.29, 0.717) is 28.1 Å². The van der Waals surface area contributed by atoms with Crippen molar-refractivity contribution in [3.63, 3.8) is 0 Å². The molecule has 0 unspecified atom stereocenters. The number of nitrogens with one attached hydrogen (secondary N) is 1. The minimum atomic E-state index is -0.549. The molecular weight excluding hydrogens is 379 g/mol. The summed E-state index contributed by atoms with van der Waals surface area (Å²) in [6, 6.07) is 13.9. The third-order valence-corrected chi connectivity index (χ3v) is 4.60. The Kier molecular flexibility index (Phi) is 6.63. The maximum Gasteiger partial charge on any atom is 0.254 e. The standard InChI is InChI=1S/C17H14BrFN2OS/c18-14-5-6-15(16(19)9-14)17(22)21-7-8-23-11-13-4-2-1-3-12(13)10-20/h1-6,9H,7-8,11H2,(H,21,22). The maximum atomic E-state index is 13.7. The Morgan fingerprint density at radius 3 is 2.83 bits per heavy atom. The first-order valence-electron chi connectivity index (χ1n) is 6.91. The van der Waals surface area contributed by atoms with Crippen molar-refractivity contribution in [2.75, 3.05) is 12.3 Å². The van der Waals surface area contributed by atoms with Gasteiger partial charge in [0.15, 0.2) is 0 Å². The van der Waals surface area contributed by atoms with Crippen LogP contribution in [-0.2, 0) is 5.75 Å². The van der Waals surface area contributed by atoms with Crippen molar-refractivity contribution in [3.8, 4) is 6.07 Å². The number of carbonyl (C=O) groups excluding carboxylic acids is 1. The van der Waals surface area contributed by atoms with Crippen LogP contribution in [0.5, 0.6) is 0 Å². The molecule has 2 aromatic rings. The third-order valence-electron chi connectivity index (χ3n) is 3.10. The largest absolute Gasteiger partial charge is 0.351 e. The van der Waals surface area contributed by atoms with Crippen molar-refractivity contribution in [1.29, 1.82) is 5.26 Å². The fourth-order valence-electron chi connectivity index (χ4n) is 1.94. The molecule has 0 atom stereocenters. The van der Waals surface area contributed by atoms with Gasteiger partial charge in [-0.05, 0) is 29.8 Å². The van der Waals surface area contributed by atoms with Crippen molar-refractivity contribution in [2.45, 2.75) is 5.75 Å². The first-order chi connectivity index (χ1) is 11.1. The summed E-state index contributed by atoms with van der Waals surface area (Å²) >= 11 is 4.77. The third kappa shape index (κ3) is 5.08. The van der Waals surface area contributed by atoms with E-state index in [-0.39, 0.29) is 5.56 Å². The molecule has 2 aromatic carbocycles. The van der Waals surface area contributed by atoms with Gasteiger partial charge in [-0.15, -0.1) is 0 Å². The molecule has 1 amide bonds. The number of benzene rings is 2. The van der Waals surface area contributed by atoms with Crippen LogP contribution in [0.3, 0.4) is 0 Å². The quantitative estimate of drug-likeness (QED) is 0.752. The van der Waals surface area contributed by atoms with Crippen LogP contribution in [0, 0.1) is 17.1 Å². The molecule has 0 spiro atoms. The Morgan fingerprint density at radius 1 is 1.30 bits per heavy atom. The molecule has 0 aromatic heterocycles. The molecule has 0 aliphatic rings. The van der Waals surface area contributed by atoms with Gasteiger partial charge in [0.2, 0.25) is 0 Å². The van der Waals surface area contributed by atoms with Crippen molar-refractivity contribution in [3.05, 3.63) is 69.4 Å². The molecule has 23 heavy (non-hydrogen) atoms. The minimum Gasteiger partial charge on any atom is -0.351 e. The lowest BCUT2D eigenvalue weighted by Gasteiger charge is -2.07. The summed E-state index contributed by atoms with van der Waals surface area (Å²) in [5, 5.41) is 11.7. The van der Waals surface area contributed by atoms with Crippen LogP contribution in [-0.4, -0.2) is 18.2 Å². The van der Waals surface area contributed by atoms with Gasteiger partial charge in [-0.2, -0.15) is 17.0 Å². The molecule has 0 heterocycles. The van der Waals surface area contributed by atoms with Gasteiger partial charge in [0.1, 0.15) is 5.82 Å². The SMILES string of the molecule is N#Cc1ccccc1CSCCNC(=O)c1ccc(Br)cc1F. The number of halogens is 2. The van der Waals surface area contributed by atoms with Gasteiger partial charge in [-0.25, -0.2) is 4.39 Å². The van der Waals surface area contributed by atoms with E-state index in [1.807, 2.05) is 18.2 Å². The second-order valence-corrected chi connectivity index (χ2v) is 6.72. The van der Waals surface area contributed by atoms with Gasteiger partial charge in [0.05, 0.1) is 17.2 Å². The van der Waals surface area contributed by atoms with Crippen molar-refractivity contribution < 1.29 is 9.18 Å². The minimum absolute atomic E-state index is 0.0352. The summed E-state index contributed by atoms with van der Waals surface area (Å²) in [5.74, 6) is 0.413.